The molecule has 1 saturated carbocycles. The molecule has 1 aliphatic carbocycles. The lowest BCUT2D eigenvalue weighted by molar-refractivity contribution is 0.431. The molecule has 0 saturated heterocycles. The Labute approximate surface area is 99.8 Å². The molecule has 4 unspecified atom stereocenters. The Balaban J connectivity index is 2.31. The number of thioether (sulfide) groups is 1. The summed E-state index contributed by atoms with van der Waals surface area (Å²) in [6.45, 7) is 10.5. The Kier molecular flexibility index (Phi) is 6.06. The van der Waals surface area contributed by atoms with E-state index in [1.165, 1.54) is 32.2 Å². The van der Waals surface area contributed by atoms with Gasteiger partial charge in [0.1, 0.15) is 0 Å². The van der Waals surface area contributed by atoms with E-state index in [4.69, 9.17) is 0 Å². The van der Waals surface area contributed by atoms with Crippen LogP contribution in [-0.4, -0.2) is 23.1 Å². The van der Waals surface area contributed by atoms with E-state index in [2.05, 4.69) is 44.8 Å². The Morgan fingerprint density at radius 3 is 2.67 bits per heavy atom. The third-order valence-corrected chi connectivity index (χ3v) is 5.43. The van der Waals surface area contributed by atoms with Crippen molar-refractivity contribution in [3.05, 3.63) is 0 Å². The van der Waals surface area contributed by atoms with Crippen molar-refractivity contribution in [3.8, 4) is 0 Å². The molecule has 1 nitrogen and oxygen atoms in total. The minimum Gasteiger partial charge on any atom is -0.314 e. The quantitative estimate of drug-likeness (QED) is 0.745. The molecule has 0 heterocycles. The third-order valence-electron chi connectivity index (χ3n) is 3.62. The molecule has 90 valence electrons. The van der Waals surface area contributed by atoms with E-state index in [1.807, 2.05) is 0 Å². The summed E-state index contributed by atoms with van der Waals surface area (Å²) in [5, 5.41) is 5.42. The Morgan fingerprint density at radius 1 is 1.33 bits per heavy atom. The standard InChI is InChI=1S/C13H27NS/c1-5-9-14-12-7-8-13(11(12)4)15-10(3)6-2/h10-14H,5-9H2,1-4H3. The number of rotatable bonds is 6. The first-order valence-electron chi connectivity index (χ1n) is 6.57. The van der Waals surface area contributed by atoms with Crippen molar-refractivity contribution in [1.29, 1.82) is 0 Å². The predicted octanol–water partition coefficient (Wildman–Crippen LogP) is 3.68. The molecule has 1 N–H and O–H groups in total. The molecule has 0 spiro atoms. The van der Waals surface area contributed by atoms with Crippen molar-refractivity contribution >= 4 is 11.8 Å². The largest absolute Gasteiger partial charge is 0.314 e. The third kappa shape index (κ3) is 3.99. The molecule has 0 bridgehead atoms. The highest BCUT2D eigenvalue weighted by molar-refractivity contribution is 8.00. The lowest BCUT2D eigenvalue weighted by Gasteiger charge is -2.23. The van der Waals surface area contributed by atoms with Crippen LogP contribution in [0.3, 0.4) is 0 Å². The fourth-order valence-electron chi connectivity index (χ4n) is 2.33. The zero-order chi connectivity index (χ0) is 11.3. The molecule has 0 amide bonds. The Hall–Kier alpha value is 0.310. The molecule has 1 rings (SSSR count). The average molecular weight is 229 g/mol. The van der Waals surface area contributed by atoms with Gasteiger partial charge in [-0.2, -0.15) is 11.8 Å². The normalized spacial score (nSPS) is 33.2. The summed E-state index contributed by atoms with van der Waals surface area (Å²) in [5.74, 6) is 0.857. The molecule has 4 atom stereocenters. The monoisotopic (exact) mass is 229 g/mol. The smallest absolute Gasteiger partial charge is 0.0104 e. The molecule has 1 aliphatic rings. The van der Waals surface area contributed by atoms with Crippen molar-refractivity contribution in [3.63, 3.8) is 0 Å². The Bertz CT molecular complexity index is 172. The van der Waals surface area contributed by atoms with Gasteiger partial charge in [-0.15, -0.1) is 0 Å². The van der Waals surface area contributed by atoms with Crippen LogP contribution < -0.4 is 5.32 Å². The first-order chi connectivity index (χ1) is 7.19. The van der Waals surface area contributed by atoms with Crippen LogP contribution in [0.15, 0.2) is 0 Å². The van der Waals surface area contributed by atoms with Crippen LogP contribution in [0.1, 0.15) is 53.4 Å². The van der Waals surface area contributed by atoms with Gasteiger partial charge in [0.25, 0.3) is 0 Å². The first kappa shape index (κ1) is 13.4. The van der Waals surface area contributed by atoms with E-state index in [0.717, 1.165) is 22.5 Å². The van der Waals surface area contributed by atoms with Crippen molar-refractivity contribution < 1.29 is 0 Å². The summed E-state index contributed by atoms with van der Waals surface area (Å²) in [6, 6.07) is 0.784. The molecule has 0 aromatic rings. The van der Waals surface area contributed by atoms with Gasteiger partial charge in [0.05, 0.1) is 0 Å². The summed E-state index contributed by atoms with van der Waals surface area (Å²) in [4.78, 5) is 0. The van der Waals surface area contributed by atoms with Crippen molar-refractivity contribution in [2.45, 2.75) is 69.9 Å². The molecule has 15 heavy (non-hydrogen) atoms. The zero-order valence-electron chi connectivity index (χ0n) is 10.8. The second kappa shape index (κ2) is 6.80. The maximum Gasteiger partial charge on any atom is 0.0104 e. The van der Waals surface area contributed by atoms with Crippen LogP contribution in [0, 0.1) is 5.92 Å². The zero-order valence-corrected chi connectivity index (χ0v) is 11.6. The molecule has 0 aliphatic heterocycles. The Morgan fingerprint density at radius 2 is 2.07 bits per heavy atom. The summed E-state index contributed by atoms with van der Waals surface area (Å²) in [5.41, 5.74) is 0. The van der Waals surface area contributed by atoms with Crippen molar-refractivity contribution in [2.75, 3.05) is 6.54 Å². The second-order valence-corrected chi connectivity index (χ2v) is 6.57. The molecule has 0 aromatic carbocycles. The van der Waals surface area contributed by atoms with Gasteiger partial charge in [-0.05, 0) is 38.1 Å². The van der Waals surface area contributed by atoms with Gasteiger partial charge in [0.15, 0.2) is 0 Å². The molecule has 0 radical (unpaired) electrons. The van der Waals surface area contributed by atoms with Crippen molar-refractivity contribution in [1.82, 2.24) is 5.32 Å². The topological polar surface area (TPSA) is 12.0 Å². The van der Waals surface area contributed by atoms with Gasteiger partial charge in [0.2, 0.25) is 0 Å². The van der Waals surface area contributed by atoms with Crippen LogP contribution in [0.4, 0.5) is 0 Å². The van der Waals surface area contributed by atoms with Crippen LogP contribution in [0.25, 0.3) is 0 Å². The van der Waals surface area contributed by atoms with E-state index in [-0.39, 0.29) is 0 Å². The maximum absolute atomic E-state index is 3.69. The van der Waals surface area contributed by atoms with Crippen LogP contribution in [-0.2, 0) is 0 Å². The van der Waals surface area contributed by atoms with E-state index in [0.29, 0.717) is 0 Å². The summed E-state index contributed by atoms with van der Waals surface area (Å²) >= 11 is 2.21. The SMILES string of the molecule is CCCNC1CCC(SC(C)CC)C1C. The summed E-state index contributed by atoms with van der Waals surface area (Å²) in [6.07, 6.45) is 5.36. The predicted molar refractivity (Wildman–Crippen MR) is 71.6 cm³/mol. The highest BCUT2D eigenvalue weighted by Gasteiger charge is 2.33. The van der Waals surface area contributed by atoms with E-state index >= 15 is 0 Å². The van der Waals surface area contributed by atoms with Crippen LogP contribution >= 0.6 is 11.8 Å². The van der Waals surface area contributed by atoms with Crippen LogP contribution in [0.2, 0.25) is 0 Å². The van der Waals surface area contributed by atoms with Gasteiger partial charge in [-0.3, -0.25) is 0 Å². The van der Waals surface area contributed by atoms with Crippen molar-refractivity contribution in [2.24, 2.45) is 5.92 Å². The lowest BCUT2D eigenvalue weighted by Crippen LogP contribution is -2.34. The van der Waals surface area contributed by atoms with Gasteiger partial charge in [0, 0.05) is 16.5 Å². The second-order valence-electron chi connectivity index (χ2n) is 4.89. The van der Waals surface area contributed by atoms with Crippen LogP contribution in [0.5, 0.6) is 0 Å². The molecular formula is C13H27NS. The summed E-state index contributed by atoms with van der Waals surface area (Å²) in [7, 11) is 0. The highest BCUT2D eigenvalue weighted by Crippen LogP contribution is 2.37. The number of hydrogen-bond acceptors (Lipinski definition) is 2. The van der Waals surface area contributed by atoms with E-state index in [9.17, 15) is 0 Å². The fourth-order valence-corrected chi connectivity index (χ4v) is 3.83. The molecule has 2 heteroatoms. The van der Waals surface area contributed by atoms with E-state index < -0.39 is 0 Å². The fraction of sp³-hybridized carbons (Fsp3) is 1.00. The van der Waals surface area contributed by atoms with Gasteiger partial charge < -0.3 is 5.32 Å². The minimum atomic E-state index is 0.784. The lowest BCUT2D eigenvalue weighted by atomic mass is 10.1. The number of nitrogens with one attached hydrogen (secondary N) is 1. The molecule has 0 aromatic heterocycles. The summed E-state index contributed by atoms with van der Waals surface area (Å²) < 4.78 is 0. The first-order valence-corrected chi connectivity index (χ1v) is 7.52. The van der Waals surface area contributed by atoms with E-state index in [1.54, 1.807) is 0 Å². The van der Waals surface area contributed by atoms with Gasteiger partial charge in [-0.1, -0.05) is 27.7 Å². The molecule has 1 fully saturated rings. The number of hydrogen-bond donors (Lipinski definition) is 1. The highest BCUT2D eigenvalue weighted by atomic mass is 32.2. The van der Waals surface area contributed by atoms with Gasteiger partial charge >= 0.3 is 0 Å². The van der Waals surface area contributed by atoms with Gasteiger partial charge in [-0.25, -0.2) is 0 Å². The maximum atomic E-state index is 3.69. The average Bonchev–Trinajstić information content (AvgIpc) is 2.57. The minimum absolute atomic E-state index is 0.784. The molecular weight excluding hydrogens is 202 g/mol.